The second-order valence-corrected chi connectivity index (χ2v) is 2.48. The summed E-state index contributed by atoms with van der Waals surface area (Å²) in [7, 11) is 1.98. The van der Waals surface area contributed by atoms with Crippen LogP contribution in [-0.2, 0) is 0 Å². The Morgan fingerprint density at radius 2 is 2.11 bits per heavy atom. The summed E-state index contributed by atoms with van der Waals surface area (Å²) >= 11 is 0. The highest BCUT2D eigenvalue weighted by molar-refractivity contribution is 4.69. The van der Waals surface area contributed by atoms with Crippen LogP contribution in [0, 0.1) is 5.92 Å². The van der Waals surface area contributed by atoms with Gasteiger partial charge in [0.1, 0.15) is 0 Å². The smallest absolute Gasteiger partial charge is 0.00759 e. The molecule has 56 valence electrons. The zero-order chi connectivity index (χ0) is 7.28. The van der Waals surface area contributed by atoms with Crippen molar-refractivity contribution in [2.75, 3.05) is 13.6 Å². The average molecular weight is 130 g/mol. The molecule has 0 saturated carbocycles. The van der Waals surface area contributed by atoms with E-state index in [1.165, 1.54) is 6.42 Å². The topological polar surface area (TPSA) is 38.0 Å². The Morgan fingerprint density at radius 1 is 1.56 bits per heavy atom. The third kappa shape index (κ3) is 2.82. The van der Waals surface area contributed by atoms with Gasteiger partial charge < -0.3 is 11.1 Å². The summed E-state index contributed by atoms with van der Waals surface area (Å²) in [6.45, 7) is 5.13. The molecule has 0 amide bonds. The van der Waals surface area contributed by atoms with Gasteiger partial charge >= 0.3 is 0 Å². The highest BCUT2D eigenvalue weighted by Gasteiger charge is 2.09. The van der Waals surface area contributed by atoms with Gasteiger partial charge in [0.25, 0.3) is 0 Å². The standard InChI is InChI=1S/C7H18N2/c1-4-7(5-8)6(2)9-3/h6-7,9H,4-5,8H2,1-3H3/t6-,7?/m0/s1. The van der Waals surface area contributed by atoms with Crippen LogP contribution in [0.15, 0.2) is 0 Å². The lowest BCUT2D eigenvalue weighted by Crippen LogP contribution is -2.34. The van der Waals surface area contributed by atoms with E-state index in [0.717, 1.165) is 6.54 Å². The first kappa shape index (κ1) is 8.92. The maximum atomic E-state index is 5.52. The second-order valence-electron chi connectivity index (χ2n) is 2.48. The van der Waals surface area contributed by atoms with Crippen LogP contribution < -0.4 is 11.1 Å². The van der Waals surface area contributed by atoms with Gasteiger partial charge in [0.2, 0.25) is 0 Å². The molecule has 2 heteroatoms. The Bertz CT molecular complexity index is 59.9. The summed E-state index contributed by atoms with van der Waals surface area (Å²) in [5.74, 6) is 0.634. The highest BCUT2D eigenvalue weighted by atomic mass is 14.9. The van der Waals surface area contributed by atoms with Crippen molar-refractivity contribution in [2.24, 2.45) is 11.7 Å². The molecule has 0 radical (unpaired) electrons. The van der Waals surface area contributed by atoms with Crippen molar-refractivity contribution in [3.8, 4) is 0 Å². The van der Waals surface area contributed by atoms with Crippen molar-refractivity contribution in [1.29, 1.82) is 0 Å². The predicted molar refractivity (Wildman–Crippen MR) is 41.4 cm³/mol. The molecule has 2 nitrogen and oxygen atoms in total. The molecule has 0 aliphatic heterocycles. The Hall–Kier alpha value is -0.0800. The van der Waals surface area contributed by atoms with E-state index in [1.807, 2.05) is 7.05 Å². The zero-order valence-corrected chi connectivity index (χ0v) is 6.65. The minimum absolute atomic E-state index is 0.556. The molecule has 2 atom stereocenters. The van der Waals surface area contributed by atoms with E-state index < -0.39 is 0 Å². The molecule has 0 saturated heterocycles. The predicted octanol–water partition coefficient (Wildman–Crippen LogP) is 0.579. The molecule has 0 heterocycles. The van der Waals surface area contributed by atoms with Gasteiger partial charge in [-0.1, -0.05) is 13.3 Å². The highest BCUT2D eigenvalue weighted by Crippen LogP contribution is 2.04. The Kier molecular flexibility index (Phi) is 4.72. The maximum Gasteiger partial charge on any atom is 0.00759 e. The molecule has 0 aliphatic carbocycles. The second kappa shape index (κ2) is 4.77. The minimum atomic E-state index is 0.556. The zero-order valence-electron chi connectivity index (χ0n) is 6.65. The molecule has 0 spiro atoms. The van der Waals surface area contributed by atoms with Crippen LogP contribution in [0.5, 0.6) is 0 Å². The summed E-state index contributed by atoms with van der Waals surface area (Å²) in [6, 6.07) is 0.556. The van der Waals surface area contributed by atoms with Crippen molar-refractivity contribution >= 4 is 0 Å². The number of hydrogen-bond acceptors (Lipinski definition) is 2. The summed E-state index contributed by atoms with van der Waals surface area (Å²) < 4.78 is 0. The summed E-state index contributed by atoms with van der Waals surface area (Å²) in [5, 5.41) is 3.19. The largest absolute Gasteiger partial charge is 0.330 e. The molecule has 0 aromatic rings. The van der Waals surface area contributed by atoms with Gasteiger partial charge in [-0.2, -0.15) is 0 Å². The van der Waals surface area contributed by atoms with Crippen molar-refractivity contribution in [1.82, 2.24) is 5.32 Å². The molecule has 3 N–H and O–H groups in total. The van der Waals surface area contributed by atoms with Gasteiger partial charge in [-0.15, -0.1) is 0 Å². The van der Waals surface area contributed by atoms with Gasteiger partial charge in [-0.3, -0.25) is 0 Å². The first-order chi connectivity index (χ1) is 4.26. The van der Waals surface area contributed by atoms with E-state index in [2.05, 4.69) is 19.2 Å². The lowest BCUT2D eigenvalue weighted by Gasteiger charge is -2.19. The molecule has 0 fully saturated rings. The van der Waals surface area contributed by atoms with E-state index in [-0.39, 0.29) is 0 Å². The lowest BCUT2D eigenvalue weighted by atomic mass is 9.99. The maximum absolute atomic E-state index is 5.52. The molecule has 0 aromatic carbocycles. The van der Waals surface area contributed by atoms with Crippen LogP contribution in [0.25, 0.3) is 0 Å². The van der Waals surface area contributed by atoms with Crippen LogP contribution in [-0.4, -0.2) is 19.6 Å². The van der Waals surface area contributed by atoms with Crippen LogP contribution in [0.2, 0.25) is 0 Å². The van der Waals surface area contributed by atoms with E-state index >= 15 is 0 Å². The van der Waals surface area contributed by atoms with Gasteiger partial charge in [0.05, 0.1) is 0 Å². The van der Waals surface area contributed by atoms with Gasteiger partial charge in [-0.25, -0.2) is 0 Å². The third-order valence-corrected chi connectivity index (χ3v) is 1.99. The molecule has 1 unspecified atom stereocenters. The van der Waals surface area contributed by atoms with Crippen molar-refractivity contribution in [3.05, 3.63) is 0 Å². The van der Waals surface area contributed by atoms with Crippen LogP contribution >= 0.6 is 0 Å². The number of hydrogen-bond donors (Lipinski definition) is 2. The fourth-order valence-corrected chi connectivity index (χ4v) is 0.960. The van der Waals surface area contributed by atoms with E-state index in [4.69, 9.17) is 5.73 Å². The molecule has 0 bridgehead atoms. The molecule has 0 rings (SSSR count). The molecular weight excluding hydrogens is 112 g/mol. The average Bonchev–Trinajstić information content (AvgIpc) is 1.90. The van der Waals surface area contributed by atoms with Crippen LogP contribution in [0.1, 0.15) is 20.3 Å². The molecular formula is C7H18N2. The van der Waals surface area contributed by atoms with Crippen molar-refractivity contribution < 1.29 is 0 Å². The normalized spacial score (nSPS) is 17.3. The fourth-order valence-electron chi connectivity index (χ4n) is 0.960. The number of rotatable bonds is 4. The SMILES string of the molecule is CCC(CN)[C@H](C)NC. The monoisotopic (exact) mass is 130 g/mol. The first-order valence-corrected chi connectivity index (χ1v) is 3.63. The van der Waals surface area contributed by atoms with Crippen LogP contribution in [0.3, 0.4) is 0 Å². The number of nitrogens with one attached hydrogen (secondary N) is 1. The summed E-state index contributed by atoms with van der Waals surface area (Å²) in [5.41, 5.74) is 5.52. The van der Waals surface area contributed by atoms with Crippen molar-refractivity contribution in [2.45, 2.75) is 26.3 Å². The Morgan fingerprint density at radius 3 is 2.22 bits per heavy atom. The third-order valence-electron chi connectivity index (χ3n) is 1.99. The summed E-state index contributed by atoms with van der Waals surface area (Å²) in [6.07, 6.45) is 1.17. The van der Waals surface area contributed by atoms with Gasteiger partial charge in [-0.05, 0) is 26.4 Å². The molecule has 0 aromatic heterocycles. The Balaban J connectivity index is 3.50. The number of nitrogens with two attached hydrogens (primary N) is 1. The van der Waals surface area contributed by atoms with Crippen molar-refractivity contribution in [3.63, 3.8) is 0 Å². The Labute approximate surface area is 57.8 Å². The summed E-state index contributed by atoms with van der Waals surface area (Å²) in [4.78, 5) is 0. The fraction of sp³-hybridized carbons (Fsp3) is 1.00. The minimum Gasteiger partial charge on any atom is -0.330 e. The first-order valence-electron chi connectivity index (χ1n) is 3.63. The molecule has 0 aliphatic rings. The van der Waals surface area contributed by atoms with Gasteiger partial charge in [0.15, 0.2) is 0 Å². The van der Waals surface area contributed by atoms with E-state index in [1.54, 1.807) is 0 Å². The molecule has 9 heavy (non-hydrogen) atoms. The lowest BCUT2D eigenvalue weighted by molar-refractivity contribution is 0.392. The van der Waals surface area contributed by atoms with E-state index in [0.29, 0.717) is 12.0 Å². The van der Waals surface area contributed by atoms with E-state index in [9.17, 15) is 0 Å². The van der Waals surface area contributed by atoms with Gasteiger partial charge in [0, 0.05) is 6.04 Å². The quantitative estimate of drug-likeness (QED) is 0.584. The van der Waals surface area contributed by atoms with Crippen LogP contribution in [0.4, 0.5) is 0 Å².